The second-order valence-corrected chi connectivity index (χ2v) is 4.06. The summed E-state index contributed by atoms with van der Waals surface area (Å²) in [5.74, 6) is 0.0374. The molecule has 5 nitrogen and oxygen atoms in total. The predicted molar refractivity (Wildman–Crippen MR) is 70.6 cm³/mol. The number of hydrogen-bond acceptors (Lipinski definition) is 4. The molecule has 19 heavy (non-hydrogen) atoms. The molecule has 92 valence electrons. The van der Waals surface area contributed by atoms with Crippen LogP contribution >= 0.6 is 0 Å². The fourth-order valence-electron chi connectivity index (χ4n) is 1.75. The Labute approximate surface area is 109 Å². The average Bonchev–Trinajstić information content (AvgIpc) is 2.41. The maximum absolute atomic E-state index is 12.1. The second kappa shape index (κ2) is 4.67. The van der Waals surface area contributed by atoms with E-state index < -0.39 is 5.56 Å². The van der Waals surface area contributed by atoms with Crippen LogP contribution in [-0.4, -0.2) is 4.57 Å². The number of nitrogens with zero attached hydrogens (tertiary/aromatic N) is 3. The molecule has 0 saturated carbocycles. The molecule has 2 rings (SSSR count). The van der Waals surface area contributed by atoms with Crippen LogP contribution in [0.3, 0.4) is 0 Å². The van der Waals surface area contributed by atoms with Gasteiger partial charge in [-0.25, -0.2) is 0 Å². The highest BCUT2D eigenvalue weighted by atomic mass is 16.1. The molecule has 0 aliphatic carbocycles. The number of aryl methyl sites for hydroxylation is 1. The molecule has 0 amide bonds. The molecule has 0 fully saturated rings. The van der Waals surface area contributed by atoms with Crippen molar-refractivity contribution < 1.29 is 0 Å². The fraction of sp³-hybridized carbons (Fsp3) is 0.0714. The molecule has 0 aliphatic rings. The highest BCUT2D eigenvalue weighted by Crippen LogP contribution is 2.16. The van der Waals surface area contributed by atoms with E-state index in [9.17, 15) is 4.79 Å². The maximum atomic E-state index is 12.1. The zero-order chi connectivity index (χ0) is 14.0. The Morgan fingerprint density at radius 2 is 1.68 bits per heavy atom. The van der Waals surface area contributed by atoms with Crippen LogP contribution in [0.4, 0.5) is 5.82 Å². The molecule has 0 atom stereocenters. The minimum absolute atomic E-state index is 0.0374. The molecule has 2 aromatic rings. The quantitative estimate of drug-likeness (QED) is 0.828. The van der Waals surface area contributed by atoms with Gasteiger partial charge in [0.15, 0.2) is 0 Å². The van der Waals surface area contributed by atoms with Gasteiger partial charge in [-0.2, -0.15) is 10.5 Å². The van der Waals surface area contributed by atoms with Gasteiger partial charge in [0.1, 0.15) is 23.5 Å². The van der Waals surface area contributed by atoms with Crippen LogP contribution in [0.15, 0.2) is 35.1 Å². The van der Waals surface area contributed by atoms with Gasteiger partial charge in [0.25, 0.3) is 5.56 Å². The molecule has 1 aromatic carbocycles. The molecule has 5 heteroatoms. The fourth-order valence-corrected chi connectivity index (χ4v) is 1.75. The Hall–Kier alpha value is -3.05. The van der Waals surface area contributed by atoms with Crippen LogP contribution in [0.25, 0.3) is 5.69 Å². The van der Waals surface area contributed by atoms with E-state index in [4.69, 9.17) is 16.3 Å². The van der Waals surface area contributed by atoms with Crippen molar-refractivity contribution in [2.24, 2.45) is 0 Å². The molecule has 1 aromatic heterocycles. The molecule has 0 aliphatic heterocycles. The summed E-state index contributed by atoms with van der Waals surface area (Å²) in [6.45, 7) is 1.92. The largest absolute Gasteiger partial charge is 0.384 e. The number of hydrogen-bond donors (Lipinski definition) is 1. The van der Waals surface area contributed by atoms with Crippen molar-refractivity contribution in [2.75, 3.05) is 5.73 Å². The lowest BCUT2D eigenvalue weighted by atomic mass is 10.1. The molecule has 2 N–H and O–H groups in total. The maximum Gasteiger partial charge on any atom is 0.274 e. The van der Waals surface area contributed by atoms with Gasteiger partial charge in [-0.15, -0.1) is 0 Å². The summed E-state index contributed by atoms with van der Waals surface area (Å²) in [5, 5.41) is 17.9. The first kappa shape index (κ1) is 12.4. The average molecular weight is 250 g/mol. The van der Waals surface area contributed by atoms with Gasteiger partial charge in [-0.3, -0.25) is 9.36 Å². The highest BCUT2D eigenvalue weighted by Gasteiger charge is 2.13. The van der Waals surface area contributed by atoms with Crippen molar-refractivity contribution in [2.45, 2.75) is 6.92 Å². The number of nitriles is 2. The summed E-state index contributed by atoms with van der Waals surface area (Å²) >= 11 is 0. The number of pyridine rings is 1. The van der Waals surface area contributed by atoms with Crippen LogP contribution in [-0.2, 0) is 0 Å². The van der Waals surface area contributed by atoms with Crippen LogP contribution < -0.4 is 11.3 Å². The molecule has 0 spiro atoms. The molecule has 0 saturated heterocycles. The van der Waals surface area contributed by atoms with Gasteiger partial charge in [0.2, 0.25) is 0 Å². The van der Waals surface area contributed by atoms with E-state index in [1.54, 1.807) is 18.2 Å². The van der Waals surface area contributed by atoms with Crippen LogP contribution in [0.2, 0.25) is 0 Å². The Balaban J connectivity index is 2.84. The first-order valence-corrected chi connectivity index (χ1v) is 5.51. The van der Waals surface area contributed by atoms with E-state index in [2.05, 4.69) is 0 Å². The van der Waals surface area contributed by atoms with E-state index in [0.717, 1.165) is 5.56 Å². The van der Waals surface area contributed by atoms with Crippen LogP contribution in [0.1, 0.15) is 16.7 Å². The number of nitrogen functional groups attached to an aromatic ring is 1. The lowest BCUT2D eigenvalue weighted by Gasteiger charge is -2.11. The summed E-state index contributed by atoms with van der Waals surface area (Å²) in [6.07, 6.45) is 0. The van der Waals surface area contributed by atoms with Crippen molar-refractivity contribution >= 4 is 5.82 Å². The Kier molecular flexibility index (Phi) is 3.05. The zero-order valence-corrected chi connectivity index (χ0v) is 10.2. The van der Waals surface area contributed by atoms with Gasteiger partial charge in [-0.1, -0.05) is 17.7 Å². The lowest BCUT2D eigenvalue weighted by Crippen LogP contribution is -2.24. The van der Waals surface area contributed by atoms with Crippen LogP contribution in [0, 0.1) is 29.6 Å². The predicted octanol–water partition coefficient (Wildman–Crippen LogP) is 1.47. The third kappa shape index (κ3) is 2.05. The van der Waals surface area contributed by atoms with Crippen molar-refractivity contribution in [3.05, 3.63) is 57.4 Å². The van der Waals surface area contributed by atoms with Crippen molar-refractivity contribution in [1.29, 1.82) is 10.5 Å². The number of anilines is 1. The van der Waals surface area contributed by atoms with E-state index in [-0.39, 0.29) is 16.9 Å². The van der Waals surface area contributed by atoms with Crippen molar-refractivity contribution in [3.8, 4) is 17.8 Å². The lowest BCUT2D eigenvalue weighted by molar-refractivity contribution is 0.990. The van der Waals surface area contributed by atoms with Gasteiger partial charge < -0.3 is 5.73 Å². The first-order valence-electron chi connectivity index (χ1n) is 5.51. The van der Waals surface area contributed by atoms with E-state index in [0.29, 0.717) is 5.69 Å². The number of benzene rings is 1. The molecular weight excluding hydrogens is 240 g/mol. The van der Waals surface area contributed by atoms with Gasteiger partial charge in [0.05, 0.1) is 11.3 Å². The minimum atomic E-state index is -0.525. The third-order valence-electron chi connectivity index (χ3n) is 2.77. The SMILES string of the molecule is Cc1ccc(-n2c(N)c(C#N)cc(C#N)c2=O)cc1. The summed E-state index contributed by atoms with van der Waals surface area (Å²) in [6, 6.07) is 12.0. The highest BCUT2D eigenvalue weighted by molar-refractivity contribution is 5.57. The molecule has 0 unspecified atom stereocenters. The van der Waals surface area contributed by atoms with Crippen molar-refractivity contribution in [1.82, 2.24) is 4.57 Å². The Morgan fingerprint density at radius 3 is 2.21 bits per heavy atom. The Morgan fingerprint density at radius 1 is 1.11 bits per heavy atom. The summed E-state index contributed by atoms with van der Waals surface area (Å²) in [7, 11) is 0. The number of nitrogens with two attached hydrogens (primary N) is 1. The van der Waals surface area contributed by atoms with Gasteiger partial charge in [-0.05, 0) is 25.1 Å². The standard InChI is InChI=1S/C14H10N4O/c1-9-2-4-12(5-3-9)18-13(17)10(7-15)6-11(8-16)14(18)19/h2-6H,17H2,1H3. The van der Waals surface area contributed by atoms with Crippen LogP contribution in [0.5, 0.6) is 0 Å². The molecule has 0 radical (unpaired) electrons. The summed E-state index contributed by atoms with van der Waals surface area (Å²) in [5.41, 5.74) is 6.86. The van der Waals surface area contributed by atoms with E-state index in [1.807, 2.05) is 25.1 Å². The monoisotopic (exact) mass is 250 g/mol. The topological polar surface area (TPSA) is 95.6 Å². The zero-order valence-electron chi connectivity index (χ0n) is 10.2. The van der Waals surface area contributed by atoms with E-state index in [1.165, 1.54) is 10.6 Å². The summed E-state index contributed by atoms with van der Waals surface area (Å²) in [4.78, 5) is 12.1. The van der Waals surface area contributed by atoms with E-state index >= 15 is 0 Å². The third-order valence-corrected chi connectivity index (χ3v) is 2.77. The molecule has 0 bridgehead atoms. The van der Waals surface area contributed by atoms with Crippen molar-refractivity contribution in [3.63, 3.8) is 0 Å². The number of aromatic nitrogens is 1. The first-order chi connectivity index (χ1) is 9.08. The molecule has 1 heterocycles. The van der Waals surface area contributed by atoms with Gasteiger partial charge >= 0.3 is 0 Å². The smallest absolute Gasteiger partial charge is 0.274 e. The molecular formula is C14H10N4O. The second-order valence-electron chi connectivity index (χ2n) is 4.06. The number of rotatable bonds is 1. The normalized spacial score (nSPS) is 9.63. The minimum Gasteiger partial charge on any atom is -0.384 e. The summed E-state index contributed by atoms with van der Waals surface area (Å²) < 4.78 is 1.18. The Bertz CT molecular complexity index is 773. The van der Waals surface area contributed by atoms with Gasteiger partial charge in [0, 0.05) is 0 Å².